The Kier molecular flexibility index (Phi) is 7.33. The number of hydrogen-bond acceptors (Lipinski definition) is 2. The summed E-state index contributed by atoms with van der Waals surface area (Å²) < 4.78 is 41.9. The third-order valence-electron chi connectivity index (χ3n) is 6.23. The standard InChI is InChI=1S/C28H29F3N4O/c1-19-7-11-21(12-8-19)15-23(17-33-26(36)16-28(29,30)31)35-25-6-4-3-5-24(25)34(27(35)32)18-22-13-9-20(2)10-14-22/h3-14,23,32H,15-18H2,1-2H3,(H,33,36)/t23-/m0/s1. The van der Waals surface area contributed by atoms with Gasteiger partial charge in [-0.1, -0.05) is 71.8 Å². The van der Waals surface area contributed by atoms with Gasteiger partial charge in [0.2, 0.25) is 11.5 Å². The number of hydrogen-bond donors (Lipinski definition) is 2. The summed E-state index contributed by atoms with van der Waals surface area (Å²) in [7, 11) is 0. The van der Waals surface area contributed by atoms with Gasteiger partial charge in [-0.3, -0.25) is 10.2 Å². The zero-order valence-electron chi connectivity index (χ0n) is 20.3. The second-order valence-corrected chi connectivity index (χ2v) is 9.19. The number of carbonyl (C=O) groups excluding carboxylic acids is 1. The predicted molar refractivity (Wildman–Crippen MR) is 134 cm³/mol. The Labute approximate surface area is 207 Å². The second-order valence-electron chi connectivity index (χ2n) is 9.19. The lowest BCUT2D eigenvalue weighted by molar-refractivity contribution is -0.153. The van der Waals surface area contributed by atoms with E-state index in [0.29, 0.717) is 13.0 Å². The van der Waals surface area contributed by atoms with Crippen LogP contribution in [-0.2, 0) is 17.8 Å². The number of nitrogens with zero attached hydrogens (tertiary/aromatic N) is 2. The number of amides is 1. The molecule has 0 bridgehead atoms. The summed E-state index contributed by atoms with van der Waals surface area (Å²) in [5.74, 6) is -1.08. The number of halogens is 3. The zero-order chi connectivity index (χ0) is 25.9. The molecule has 188 valence electrons. The van der Waals surface area contributed by atoms with Crippen LogP contribution in [0.2, 0.25) is 0 Å². The molecule has 0 unspecified atom stereocenters. The van der Waals surface area contributed by atoms with Crippen LogP contribution in [0.5, 0.6) is 0 Å². The Bertz CT molecular complexity index is 1400. The van der Waals surface area contributed by atoms with Gasteiger partial charge in [-0.2, -0.15) is 13.2 Å². The molecule has 0 aliphatic carbocycles. The quantitative estimate of drug-likeness (QED) is 0.337. The molecular weight excluding hydrogens is 465 g/mol. The highest BCUT2D eigenvalue weighted by Crippen LogP contribution is 2.23. The largest absolute Gasteiger partial charge is 0.397 e. The molecule has 5 nitrogen and oxygen atoms in total. The van der Waals surface area contributed by atoms with Crippen molar-refractivity contribution < 1.29 is 18.0 Å². The van der Waals surface area contributed by atoms with Crippen LogP contribution in [0.25, 0.3) is 11.0 Å². The summed E-state index contributed by atoms with van der Waals surface area (Å²) in [5, 5.41) is 11.5. The monoisotopic (exact) mass is 494 g/mol. The fourth-order valence-corrected chi connectivity index (χ4v) is 4.39. The third kappa shape index (κ3) is 6.05. The molecule has 0 fully saturated rings. The van der Waals surface area contributed by atoms with E-state index in [9.17, 15) is 18.0 Å². The van der Waals surface area contributed by atoms with Gasteiger partial charge in [-0.25, -0.2) is 0 Å². The first-order chi connectivity index (χ1) is 17.1. The predicted octanol–water partition coefficient (Wildman–Crippen LogP) is 5.44. The molecule has 1 heterocycles. The number of aromatic nitrogens is 2. The number of carbonyl (C=O) groups is 1. The minimum Gasteiger partial charge on any atom is -0.354 e. The molecule has 0 saturated heterocycles. The third-order valence-corrected chi connectivity index (χ3v) is 6.23. The van der Waals surface area contributed by atoms with Crippen molar-refractivity contribution in [2.45, 2.75) is 45.5 Å². The van der Waals surface area contributed by atoms with Crippen molar-refractivity contribution >= 4 is 16.9 Å². The number of para-hydroxylation sites is 2. The van der Waals surface area contributed by atoms with Gasteiger partial charge in [0.1, 0.15) is 6.42 Å². The fraction of sp³-hybridized carbons (Fsp3) is 0.286. The Hall–Kier alpha value is -3.81. The van der Waals surface area contributed by atoms with Gasteiger partial charge < -0.3 is 14.5 Å². The van der Waals surface area contributed by atoms with Crippen molar-refractivity contribution in [3.05, 3.63) is 101 Å². The topological polar surface area (TPSA) is 62.8 Å². The highest BCUT2D eigenvalue weighted by Gasteiger charge is 2.31. The van der Waals surface area contributed by atoms with E-state index >= 15 is 0 Å². The lowest BCUT2D eigenvalue weighted by Gasteiger charge is -2.21. The van der Waals surface area contributed by atoms with E-state index in [0.717, 1.165) is 33.3 Å². The summed E-state index contributed by atoms with van der Waals surface area (Å²) in [4.78, 5) is 12.0. The van der Waals surface area contributed by atoms with E-state index in [2.05, 4.69) is 5.32 Å². The molecule has 0 aliphatic heterocycles. The smallest absolute Gasteiger partial charge is 0.354 e. The molecule has 0 saturated carbocycles. The maximum atomic E-state index is 12.7. The number of fused-ring (bicyclic) bond motifs is 1. The van der Waals surface area contributed by atoms with Crippen molar-refractivity contribution in [2.75, 3.05) is 6.54 Å². The number of rotatable bonds is 8. The van der Waals surface area contributed by atoms with Gasteiger partial charge in [0, 0.05) is 6.54 Å². The molecule has 4 aromatic rings. The van der Waals surface area contributed by atoms with Crippen LogP contribution in [0.15, 0.2) is 72.8 Å². The van der Waals surface area contributed by atoms with Gasteiger partial charge in [-0.05, 0) is 43.5 Å². The molecule has 1 atom stereocenters. The maximum Gasteiger partial charge on any atom is 0.397 e. The van der Waals surface area contributed by atoms with E-state index in [-0.39, 0.29) is 12.2 Å². The van der Waals surface area contributed by atoms with Gasteiger partial charge in [-0.15, -0.1) is 0 Å². The van der Waals surface area contributed by atoms with Gasteiger partial charge >= 0.3 is 6.18 Å². The average molecular weight is 495 g/mol. The molecule has 2 N–H and O–H groups in total. The summed E-state index contributed by atoms with van der Waals surface area (Å²) >= 11 is 0. The summed E-state index contributed by atoms with van der Waals surface area (Å²) in [6, 6.07) is 23.1. The average Bonchev–Trinajstić information content (AvgIpc) is 3.09. The molecule has 1 aromatic heterocycles. The SMILES string of the molecule is Cc1ccc(C[C@@H](CNC(=O)CC(F)(F)F)n2c(=N)n(Cc3ccc(C)cc3)c3ccccc32)cc1. The van der Waals surface area contributed by atoms with Crippen molar-refractivity contribution in [3.8, 4) is 0 Å². The van der Waals surface area contributed by atoms with Crippen molar-refractivity contribution in [1.29, 1.82) is 5.41 Å². The Balaban J connectivity index is 1.74. The van der Waals surface area contributed by atoms with Crippen molar-refractivity contribution in [3.63, 3.8) is 0 Å². The van der Waals surface area contributed by atoms with Crippen LogP contribution >= 0.6 is 0 Å². The van der Waals surface area contributed by atoms with Crippen molar-refractivity contribution in [2.24, 2.45) is 0 Å². The summed E-state index contributed by atoms with van der Waals surface area (Å²) in [5.41, 5.74) is 6.10. The van der Waals surface area contributed by atoms with Crippen LogP contribution in [0.1, 0.15) is 34.7 Å². The van der Waals surface area contributed by atoms with E-state index in [4.69, 9.17) is 5.41 Å². The highest BCUT2D eigenvalue weighted by molar-refractivity contribution is 5.77. The molecule has 0 spiro atoms. The molecular formula is C28H29F3N4O. The first-order valence-electron chi connectivity index (χ1n) is 11.8. The molecule has 0 radical (unpaired) electrons. The Morgan fingerprint density at radius 1 is 0.889 bits per heavy atom. The van der Waals surface area contributed by atoms with Gasteiger partial charge in [0.05, 0.1) is 23.6 Å². The molecule has 8 heteroatoms. The van der Waals surface area contributed by atoms with E-state index in [1.54, 1.807) is 0 Å². The molecule has 1 amide bonds. The first-order valence-corrected chi connectivity index (χ1v) is 11.8. The van der Waals surface area contributed by atoms with Crippen LogP contribution in [0.3, 0.4) is 0 Å². The van der Waals surface area contributed by atoms with Gasteiger partial charge in [0.25, 0.3) is 0 Å². The Morgan fingerprint density at radius 2 is 1.44 bits per heavy atom. The lowest BCUT2D eigenvalue weighted by atomic mass is 10.0. The first kappa shape index (κ1) is 25.3. The summed E-state index contributed by atoms with van der Waals surface area (Å²) in [6.07, 6.45) is -5.66. The zero-order valence-corrected chi connectivity index (χ0v) is 20.3. The Morgan fingerprint density at radius 3 is 2.03 bits per heavy atom. The van der Waals surface area contributed by atoms with E-state index < -0.39 is 24.5 Å². The van der Waals surface area contributed by atoms with Crippen LogP contribution in [0, 0.1) is 19.3 Å². The molecule has 0 aliphatic rings. The minimum atomic E-state index is -4.58. The number of imidazole rings is 1. The number of benzene rings is 3. The number of alkyl halides is 3. The number of aryl methyl sites for hydroxylation is 2. The highest BCUT2D eigenvalue weighted by atomic mass is 19.4. The van der Waals surface area contributed by atoms with Crippen molar-refractivity contribution in [1.82, 2.24) is 14.5 Å². The molecule has 3 aromatic carbocycles. The van der Waals surface area contributed by atoms with Crippen LogP contribution in [0.4, 0.5) is 13.2 Å². The number of nitrogens with one attached hydrogen (secondary N) is 2. The minimum absolute atomic E-state index is 0.0299. The van der Waals surface area contributed by atoms with Gasteiger partial charge in [0.15, 0.2) is 0 Å². The van der Waals surface area contributed by atoms with E-state index in [1.165, 1.54) is 0 Å². The molecule has 4 rings (SSSR count). The maximum absolute atomic E-state index is 12.7. The fourth-order valence-electron chi connectivity index (χ4n) is 4.39. The molecule has 36 heavy (non-hydrogen) atoms. The summed E-state index contributed by atoms with van der Waals surface area (Å²) in [6.45, 7) is 4.44. The van der Waals surface area contributed by atoms with E-state index in [1.807, 2.05) is 95.8 Å². The normalized spacial score (nSPS) is 12.6. The van der Waals surface area contributed by atoms with Crippen LogP contribution < -0.4 is 10.9 Å². The lowest BCUT2D eigenvalue weighted by Crippen LogP contribution is -2.38. The van der Waals surface area contributed by atoms with Crippen LogP contribution in [-0.4, -0.2) is 27.8 Å². The second kappa shape index (κ2) is 10.4.